The van der Waals surface area contributed by atoms with E-state index in [9.17, 15) is 4.79 Å². The fraction of sp³-hybridized carbons (Fsp3) is 0.200. The standard InChI is InChI=1S/C20H15ClN4O/c1-11-2-3-23-9-16(11)12-4-13-7-19(24-10-17(13)18(21)6-12)25-20(26)15-5-14(15)8-22/h2-4,6-7,9-10,14-15H,5H2,1H3,(H,24,25,26). The second-order valence-electron chi connectivity index (χ2n) is 6.51. The van der Waals surface area contributed by atoms with Crippen molar-refractivity contribution in [2.75, 3.05) is 5.32 Å². The Labute approximate surface area is 155 Å². The van der Waals surface area contributed by atoms with Crippen molar-refractivity contribution in [3.05, 3.63) is 53.4 Å². The number of aryl methyl sites for hydroxylation is 1. The molecule has 1 aliphatic carbocycles. The normalized spacial score (nSPS) is 18.3. The molecule has 128 valence electrons. The number of fused-ring (bicyclic) bond motifs is 1. The molecule has 0 bridgehead atoms. The number of hydrogen-bond acceptors (Lipinski definition) is 4. The monoisotopic (exact) mass is 362 g/mol. The molecule has 1 aliphatic rings. The van der Waals surface area contributed by atoms with Gasteiger partial charge in [-0.1, -0.05) is 11.6 Å². The zero-order chi connectivity index (χ0) is 18.3. The first-order valence-corrected chi connectivity index (χ1v) is 8.65. The number of rotatable bonds is 3. The molecule has 2 aromatic heterocycles. The largest absolute Gasteiger partial charge is 0.310 e. The van der Waals surface area contributed by atoms with Gasteiger partial charge in [-0.2, -0.15) is 5.26 Å². The van der Waals surface area contributed by atoms with E-state index in [0.29, 0.717) is 17.3 Å². The minimum atomic E-state index is -0.231. The first-order valence-electron chi connectivity index (χ1n) is 8.27. The molecule has 6 heteroatoms. The van der Waals surface area contributed by atoms with Gasteiger partial charge in [-0.25, -0.2) is 4.98 Å². The summed E-state index contributed by atoms with van der Waals surface area (Å²) in [6.07, 6.45) is 5.84. The molecule has 1 amide bonds. The second kappa shape index (κ2) is 6.40. The summed E-state index contributed by atoms with van der Waals surface area (Å²) in [5.74, 6) is -0.105. The summed E-state index contributed by atoms with van der Waals surface area (Å²) in [5.41, 5.74) is 3.08. The van der Waals surface area contributed by atoms with Crippen LogP contribution in [0.2, 0.25) is 5.02 Å². The van der Waals surface area contributed by atoms with Gasteiger partial charge in [0.2, 0.25) is 5.91 Å². The third-order valence-corrected chi connectivity index (χ3v) is 4.99. The van der Waals surface area contributed by atoms with Crippen LogP contribution in [0.25, 0.3) is 21.9 Å². The van der Waals surface area contributed by atoms with Gasteiger partial charge in [0.1, 0.15) is 5.82 Å². The van der Waals surface area contributed by atoms with Gasteiger partial charge < -0.3 is 5.32 Å². The van der Waals surface area contributed by atoms with E-state index in [1.807, 2.05) is 31.3 Å². The first-order chi connectivity index (χ1) is 12.6. The van der Waals surface area contributed by atoms with E-state index in [0.717, 1.165) is 27.5 Å². The summed E-state index contributed by atoms with van der Waals surface area (Å²) < 4.78 is 0. The zero-order valence-corrected chi connectivity index (χ0v) is 14.8. The number of nitrogens with one attached hydrogen (secondary N) is 1. The Balaban J connectivity index is 1.70. The lowest BCUT2D eigenvalue weighted by Crippen LogP contribution is -2.15. The van der Waals surface area contributed by atoms with Crippen LogP contribution in [0.1, 0.15) is 12.0 Å². The van der Waals surface area contributed by atoms with Crippen molar-refractivity contribution in [1.82, 2.24) is 9.97 Å². The smallest absolute Gasteiger partial charge is 0.230 e. The summed E-state index contributed by atoms with van der Waals surface area (Å²) in [4.78, 5) is 20.6. The number of carbonyl (C=O) groups is 1. The number of carbonyl (C=O) groups excluding carboxylic acids is 1. The van der Waals surface area contributed by atoms with Crippen LogP contribution in [0.4, 0.5) is 5.82 Å². The van der Waals surface area contributed by atoms with Gasteiger partial charge in [-0.15, -0.1) is 0 Å². The van der Waals surface area contributed by atoms with Crippen molar-refractivity contribution >= 4 is 34.1 Å². The maximum absolute atomic E-state index is 12.1. The van der Waals surface area contributed by atoms with Crippen LogP contribution in [0.3, 0.4) is 0 Å². The van der Waals surface area contributed by atoms with Crippen LogP contribution in [0.5, 0.6) is 0 Å². The van der Waals surface area contributed by atoms with Crippen molar-refractivity contribution < 1.29 is 4.79 Å². The summed E-state index contributed by atoms with van der Waals surface area (Å²) in [6.45, 7) is 2.02. The predicted octanol–water partition coefficient (Wildman–Crippen LogP) is 4.36. The fourth-order valence-electron chi connectivity index (χ4n) is 3.05. The third kappa shape index (κ3) is 3.00. The number of benzene rings is 1. The number of pyridine rings is 2. The number of nitrogens with zero attached hydrogens (tertiary/aromatic N) is 3. The van der Waals surface area contributed by atoms with E-state index >= 15 is 0 Å². The van der Waals surface area contributed by atoms with Gasteiger partial charge in [0, 0.05) is 29.5 Å². The molecule has 0 spiro atoms. The third-order valence-electron chi connectivity index (χ3n) is 4.68. The Morgan fingerprint density at radius 2 is 2.19 bits per heavy atom. The Morgan fingerprint density at radius 1 is 1.35 bits per heavy atom. The number of nitriles is 1. The van der Waals surface area contributed by atoms with Gasteiger partial charge in [0.15, 0.2) is 0 Å². The van der Waals surface area contributed by atoms with E-state index < -0.39 is 0 Å². The molecule has 2 atom stereocenters. The van der Waals surface area contributed by atoms with Crippen LogP contribution in [0, 0.1) is 30.1 Å². The predicted molar refractivity (Wildman–Crippen MR) is 101 cm³/mol. The minimum Gasteiger partial charge on any atom is -0.310 e. The maximum atomic E-state index is 12.1. The summed E-state index contributed by atoms with van der Waals surface area (Å²) in [5, 5.41) is 13.9. The molecule has 26 heavy (non-hydrogen) atoms. The van der Waals surface area contributed by atoms with Crippen molar-refractivity contribution in [1.29, 1.82) is 5.26 Å². The van der Waals surface area contributed by atoms with Gasteiger partial charge >= 0.3 is 0 Å². The van der Waals surface area contributed by atoms with E-state index in [1.165, 1.54) is 0 Å². The molecular weight excluding hydrogens is 348 g/mol. The van der Waals surface area contributed by atoms with Gasteiger partial charge in [0.25, 0.3) is 0 Å². The van der Waals surface area contributed by atoms with E-state index in [4.69, 9.17) is 16.9 Å². The van der Waals surface area contributed by atoms with Crippen molar-refractivity contribution in [3.8, 4) is 17.2 Å². The lowest BCUT2D eigenvalue weighted by atomic mass is 10.0. The minimum absolute atomic E-state index is 0.159. The molecular formula is C20H15ClN4O. The van der Waals surface area contributed by atoms with E-state index in [-0.39, 0.29) is 17.7 Å². The zero-order valence-electron chi connectivity index (χ0n) is 14.0. The average Bonchev–Trinajstić information content (AvgIpc) is 3.42. The number of aromatic nitrogens is 2. The molecule has 0 aliphatic heterocycles. The van der Waals surface area contributed by atoms with Crippen LogP contribution in [0.15, 0.2) is 42.9 Å². The van der Waals surface area contributed by atoms with E-state index in [1.54, 1.807) is 18.5 Å². The molecule has 1 fully saturated rings. The molecule has 2 heterocycles. The van der Waals surface area contributed by atoms with Crippen LogP contribution < -0.4 is 5.32 Å². The SMILES string of the molecule is Cc1ccncc1-c1cc(Cl)c2cnc(NC(=O)C3CC3C#N)cc2c1. The van der Waals surface area contributed by atoms with Gasteiger partial charge in [0.05, 0.1) is 22.9 Å². The Morgan fingerprint density at radius 3 is 2.92 bits per heavy atom. The average molecular weight is 363 g/mol. The molecule has 2 unspecified atom stereocenters. The molecule has 5 nitrogen and oxygen atoms in total. The van der Waals surface area contributed by atoms with Crippen LogP contribution in [-0.2, 0) is 4.79 Å². The highest BCUT2D eigenvalue weighted by molar-refractivity contribution is 6.36. The fourth-order valence-corrected chi connectivity index (χ4v) is 3.33. The highest BCUT2D eigenvalue weighted by atomic mass is 35.5. The number of hydrogen-bond donors (Lipinski definition) is 1. The molecule has 0 radical (unpaired) electrons. The lowest BCUT2D eigenvalue weighted by molar-refractivity contribution is -0.117. The number of anilines is 1. The molecule has 3 aromatic rings. The molecule has 0 saturated heterocycles. The summed E-state index contributed by atoms with van der Waals surface area (Å²) in [7, 11) is 0. The Kier molecular flexibility index (Phi) is 4.06. The van der Waals surface area contributed by atoms with Gasteiger partial charge in [-0.05, 0) is 54.1 Å². The van der Waals surface area contributed by atoms with Gasteiger partial charge in [-0.3, -0.25) is 9.78 Å². The van der Waals surface area contributed by atoms with E-state index in [2.05, 4.69) is 21.4 Å². The quantitative estimate of drug-likeness (QED) is 0.750. The first kappa shape index (κ1) is 16.5. The number of amides is 1. The maximum Gasteiger partial charge on any atom is 0.230 e. The second-order valence-corrected chi connectivity index (χ2v) is 6.91. The van der Waals surface area contributed by atoms with Crippen LogP contribution >= 0.6 is 11.6 Å². The summed E-state index contributed by atoms with van der Waals surface area (Å²) in [6, 6.07) is 9.78. The highest BCUT2D eigenvalue weighted by Crippen LogP contribution is 2.38. The van der Waals surface area contributed by atoms with Crippen LogP contribution in [-0.4, -0.2) is 15.9 Å². The van der Waals surface area contributed by atoms with Crippen molar-refractivity contribution in [2.24, 2.45) is 11.8 Å². The van der Waals surface area contributed by atoms with Crippen molar-refractivity contribution in [2.45, 2.75) is 13.3 Å². The Bertz CT molecular complexity index is 1070. The summed E-state index contributed by atoms with van der Waals surface area (Å²) >= 11 is 6.44. The molecule has 1 saturated carbocycles. The highest BCUT2D eigenvalue weighted by Gasteiger charge is 2.43. The molecule has 1 N–H and O–H groups in total. The lowest BCUT2D eigenvalue weighted by Gasteiger charge is -2.10. The topological polar surface area (TPSA) is 78.7 Å². The number of halogens is 1. The Hall–Kier alpha value is -2.97. The molecule has 1 aromatic carbocycles. The van der Waals surface area contributed by atoms with Crippen molar-refractivity contribution in [3.63, 3.8) is 0 Å². The molecule has 4 rings (SSSR count).